The Bertz CT molecular complexity index is 2040. The van der Waals surface area contributed by atoms with Gasteiger partial charge in [-0.2, -0.15) is 5.26 Å². The monoisotopic (exact) mass is 748 g/mol. The molecule has 5 aliphatic rings. The van der Waals surface area contributed by atoms with E-state index < -0.39 is 29.7 Å². The molecule has 5 heterocycles. The number of rotatable bonds is 8. The number of anilines is 1. The molecule has 0 radical (unpaired) electrons. The van der Waals surface area contributed by atoms with Crippen molar-refractivity contribution in [1.82, 2.24) is 20.0 Å². The lowest BCUT2D eigenvalue weighted by molar-refractivity contribution is -0.136. The molecule has 5 amide bonds. The molecule has 0 aromatic heterocycles. The fraction of sp³-hybridized carbons (Fsp3) is 0.415. The van der Waals surface area contributed by atoms with Crippen molar-refractivity contribution in [3.63, 3.8) is 0 Å². The number of hydrogen-bond donors (Lipinski definition) is 1. The summed E-state index contributed by atoms with van der Waals surface area (Å²) >= 11 is 6.15. The largest absolute Gasteiger partial charge is 0.490 e. The van der Waals surface area contributed by atoms with Gasteiger partial charge in [0.15, 0.2) is 0 Å². The lowest BCUT2D eigenvalue weighted by atomic mass is 9.88. The van der Waals surface area contributed by atoms with Crippen LogP contribution in [0.4, 0.5) is 5.69 Å². The maximum atomic E-state index is 13.3. The average molecular weight is 749 g/mol. The third-order valence-electron chi connectivity index (χ3n) is 11.6. The number of ether oxygens (including phenoxy) is 1. The molecule has 12 nitrogen and oxygen atoms in total. The number of nitrogens with zero attached hydrogens (tertiary/aromatic N) is 5. The number of benzene rings is 3. The number of nitriles is 1. The second-order valence-corrected chi connectivity index (χ2v) is 15.4. The third-order valence-corrected chi connectivity index (χ3v) is 11.9. The van der Waals surface area contributed by atoms with Gasteiger partial charge in [-0.3, -0.25) is 34.2 Å². The van der Waals surface area contributed by atoms with Crippen molar-refractivity contribution < 1.29 is 28.7 Å². The van der Waals surface area contributed by atoms with Gasteiger partial charge in [-0.25, -0.2) is 0 Å². The van der Waals surface area contributed by atoms with E-state index in [0.29, 0.717) is 58.0 Å². The first kappa shape index (κ1) is 35.8. The molecular formula is C41H41ClN6O6. The van der Waals surface area contributed by atoms with Gasteiger partial charge in [0.05, 0.1) is 21.7 Å². The van der Waals surface area contributed by atoms with Crippen molar-refractivity contribution in [2.75, 3.05) is 50.7 Å². The Morgan fingerprint density at radius 3 is 2.26 bits per heavy atom. The first-order valence-electron chi connectivity index (χ1n) is 18.7. The predicted octanol–water partition coefficient (Wildman–Crippen LogP) is 4.61. The van der Waals surface area contributed by atoms with Crippen LogP contribution in [0.5, 0.6) is 5.75 Å². The molecule has 4 saturated heterocycles. The lowest BCUT2D eigenvalue weighted by Crippen LogP contribution is -2.54. The van der Waals surface area contributed by atoms with Gasteiger partial charge in [-0.1, -0.05) is 23.7 Å². The number of amides is 5. The van der Waals surface area contributed by atoms with E-state index in [2.05, 4.69) is 33.3 Å². The molecule has 1 unspecified atom stereocenters. The van der Waals surface area contributed by atoms with Crippen LogP contribution in [0, 0.1) is 17.2 Å². The van der Waals surface area contributed by atoms with E-state index in [4.69, 9.17) is 21.6 Å². The second-order valence-electron chi connectivity index (χ2n) is 15.0. The molecule has 3 aromatic carbocycles. The smallest absolute Gasteiger partial charge is 0.262 e. The van der Waals surface area contributed by atoms with Crippen molar-refractivity contribution in [3.8, 4) is 11.8 Å². The number of fused-ring (bicyclic) bond motifs is 1. The Balaban J connectivity index is 0.770. The van der Waals surface area contributed by atoms with E-state index in [1.807, 2.05) is 23.1 Å². The molecule has 54 heavy (non-hydrogen) atoms. The summed E-state index contributed by atoms with van der Waals surface area (Å²) in [5, 5.41) is 11.7. The molecule has 0 aliphatic carbocycles. The van der Waals surface area contributed by atoms with Crippen molar-refractivity contribution in [2.45, 2.75) is 56.6 Å². The van der Waals surface area contributed by atoms with Gasteiger partial charge in [-0.05, 0) is 73.2 Å². The number of hydrogen-bond acceptors (Lipinski definition) is 9. The molecule has 4 fully saturated rings. The molecule has 1 atom stereocenters. The fourth-order valence-electron chi connectivity index (χ4n) is 8.43. The minimum atomic E-state index is -0.968. The van der Waals surface area contributed by atoms with Crippen molar-refractivity contribution in [3.05, 3.63) is 93.5 Å². The number of carbonyl (C=O) groups is 5. The first-order chi connectivity index (χ1) is 26.1. The minimum absolute atomic E-state index is 0.0131. The summed E-state index contributed by atoms with van der Waals surface area (Å²) in [5.74, 6) is -0.275. The Morgan fingerprint density at radius 2 is 1.57 bits per heavy atom. The number of nitrogens with one attached hydrogen (secondary N) is 1. The van der Waals surface area contributed by atoms with Gasteiger partial charge in [-0.15, -0.1) is 0 Å². The number of likely N-dealkylation sites (tertiary alicyclic amines) is 2. The highest BCUT2D eigenvalue weighted by Crippen LogP contribution is 2.34. The fourth-order valence-corrected chi connectivity index (χ4v) is 8.65. The molecule has 3 aromatic rings. The van der Waals surface area contributed by atoms with Crippen LogP contribution in [-0.4, -0.2) is 102 Å². The summed E-state index contributed by atoms with van der Waals surface area (Å²) in [6.07, 6.45) is 3.72. The molecule has 13 heteroatoms. The van der Waals surface area contributed by atoms with Crippen LogP contribution in [0.15, 0.2) is 60.7 Å². The van der Waals surface area contributed by atoms with E-state index in [1.54, 1.807) is 30.3 Å². The number of carbonyl (C=O) groups excluding carboxylic acids is 5. The zero-order valence-electron chi connectivity index (χ0n) is 29.8. The highest BCUT2D eigenvalue weighted by atomic mass is 35.5. The van der Waals surface area contributed by atoms with Gasteiger partial charge < -0.3 is 19.4 Å². The SMILES string of the molecule is N#Cc1ccc(OC2CCN(C(=O)c3ccc(C4CN(CC5CCN(c6ccc7c(c6)C(=O)N(C6CCC(=O)NC6=O)C7=O)CC5)C4)cc3)CC2)cc1Cl. The zero-order chi connectivity index (χ0) is 37.5. The van der Waals surface area contributed by atoms with Crippen LogP contribution in [0.1, 0.15) is 86.6 Å². The van der Waals surface area contributed by atoms with Gasteiger partial charge in [0.2, 0.25) is 11.8 Å². The minimum Gasteiger partial charge on any atom is -0.490 e. The molecule has 278 valence electrons. The topological polar surface area (TPSA) is 143 Å². The van der Waals surface area contributed by atoms with E-state index in [9.17, 15) is 24.0 Å². The number of halogens is 1. The van der Waals surface area contributed by atoms with Gasteiger partial charge in [0, 0.05) is 88.3 Å². The quantitative estimate of drug-likeness (QED) is 0.327. The van der Waals surface area contributed by atoms with Crippen molar-refractivity contribution in [1.29, 1.82) is 5.26 Å². The van der Waals surface area contributed by atoms with E-state index in [-0.39, 0.29) is 24.9 Å². The average Bonchev–Trinajstić information content (AvgIpc) is 3.41. The summed E-state index contributed by atoms with van der Waals surface area (Å²) in [4.78, 5) is 71.3. The molecule has 0 spiro atoms. The maximum absolute atomic E-state index is 13.3. The summed E-state index contributed by atoms with van der Waals surface area (Å²) < 4.78 is 6.08. The standard InChI is InChI=1S/C41H41ClN6O6/c42-35-20-32(7-5-28(35)21-43)54-31-13-17-47(18-14-31)39(51)27-3-1-26(2-4-27)29-23-45(24-29)22-25-11-15-46(16-12-25)30-6-8-33-34(19-30)41(53)48(40(33)52)36-9-10-37(49)44-38(36)50/h1-8,19-20,25,29,31,36H,9-18,22-24H2,(H,44,49,50). The maximum Gasteiger partial charge on any atom is 0.262 e. The lowest BCUT2D eigenvalue weighted by Gasteiger charge is -2.43. The summed E-state index contributed by atoms with van der Waals surface area (Å²) in [7, 11) is 0. The van der Waals surface area contributed by atoms with Crippen molar-refractivity contribution in [2.24, 2.45) is 5.92 Å². The highest BCUT2D eigenvalue weighted by molar-refractivity contribution is 6.31. The van der Waals surface area contributed by atoms with Gasteiger partial charge >= 0.3 is 0 Å². The Kier molecular flexibility index (Phi) is 9.85. The molecule has 8 rings (SSSR count). The van der Waals surface area contributed by atoms with Crippen molar-refractivity contribution >= 4 is 46.8 Å². The molecular weight excluding hydrogens is 708 g/mol. The van der Waals surface area contributed by atoms with E-state index in [1.165, 1.54) is 5.56 Å². The van der Waals surface area contributed by atoms with Crippen LogP contribution < -0.4 is 15.0 Å². The molecule has 0 bridgehead atoms. The highest BCUT2D eigenvalue weighted by Gasteiger charge is 2.45. The van der Waals surface area contributed by atoms with Gasteiger partial charge in [0.1, 0.15) is 24.0 Å². The molecule has 0 saturated carbocycles. The summed E-state index contributed by atoms with van der Waals surface area (Å²) in [5.41, 5.74) is 3.88. The van der Waals surface area contributed by atoms with E-state index >= 15 is 0 Å². The van der Waals surface area contributed by atoms with Crippen LogP contribution in [0.2, 0.25) is 5.02 Å². The molecule has 1 N–H and O–H groups in total. The van der Waals surface area contributed by atoms with Gasteiger partial charge in [0.25, 0.3) is 17.7 Å². The zero-order valence-corrected chi connectivity index (χ0v) is 30.6. The Morgan fingerprint density at radius 1 is 0.852 bits per heavy atom. The number of imide groups is 2. The first-order valence-corrected chi connectivity index (χ1v) is 19.1. The third kappa shape index (κ3) is 7.06. The van der Waals surface area contributed by atoms with Crippen LogP contribution in [0.25, 0.3) is 0 Å². The summed E-state index contributed by atoms with van der Waals surface area (Å²) in [6, 6.07) is 19.6. The number of piperidine rings is 3. The van der Waals surface area contributed by atoms with Crippen LogP contribution >= 0.6 is 11.6 Å². The van der Waals surface area contributed by atoms with Crippen LogP contribution in [0.3, 0.4) is 0 Å². The van der Waals surface area contributed by atoms with Crippen LogP contribution in [-0.2, 0) is 9.59 Å². The normalized spacial score (nSPS) is 21.5. The predicted molar refractivity (Wildman–Crippen MR) is 199 cm³/mol. The summed E-state index contributed by atoms with van der Waals surface area (Å²) in [6.45, 7) is 5.97. The molecule has 5 aliphatic heterocycles. The Hall–Kier alpha value is -5.25. The second kappa shape index (κ2) is 14.9. The Labute approximate surface area is 318 Å². The van der Waals surface area contributed by atoms with E-state index in [0.717, 1.165) is 69.0 Å².